The highest BCUT2D eigenvalue weighted by atomic mass is 19.1. The molecule has 0 radical (unpaired) electrons. The Morgan fingerprint density at radius 1 is 1.07 bits per heavy atom. The van der Waals surface area contributed by atoms with Crippen LogP contribution in [-0.4, -0.2) is 43.7 Å². The molecule has 28 heavy (non-hydrogen) atoms. The SMILES string of the molecule is CCOC(=O)c1oc2ccccc2c1CN1CCN(c2ccc(F)cc2)CC1. The molecule has 5 nitrogen and oxygen atoms in total. The average molecular weight is 382 g/mol. The number of ether oxygens (including phenoxy) is 1. The number of para-hydroxylation sites is 1. The predicted octanol–water partition coefficient (Wildman–Crippen LogP) is 4.07. The van der Waals surface area contributed by atoms with Crippen molar-refractivity contribution in [3.63, 3.8) is 0 Å². The molecule has 1 aliphatic rings. The summed E-state index contributed by atoms with van der Waals surface area (Å²) in [4.78, 5) is 16.9. The molecule has 0 saturated carbocycles. The van der Waals surface area contributed by atoms with Gasteiger partial charge in [0.1, 0.15) is 11.4 Å². The topological polar surface area (TPSA) is 45.9 Å². The van der Waals surface area contributed by atoms with E-state index in [0.717, 1.165) is 42.8 Å². The summed E-state index contributed by atoms with van der Waals surface area (Å²) in [5.41, 5.74) is 2.61. The fourth-order valence-corrected chi connectivity index (χ4v) is 3.66. The summed E-state index contributed by atoms with van der Waals surface area (Å²) in [7, 11) is 0. The molecular formula is C22H23FN2O3. The number of carbonyl (C=O) groups excluding carboxylic acids is 1. The lowest BCUT2D eigenvalue weighted by atomic mass is 10.1. The smallest absolute Gasteiger partial charge is 0.374 e. The molecule has 1 aliphatic heterocycles. The quantitative estimate of drug-likeness (QED) is 0.623. The van der Waals surface area contributed by atoms with Crippen LogP contribution in [0.2, 0.25) is 0 Å². The van der Waals surface area contributed by atoms with Gasteiger partial charge < -0.3 is 14.1 Å². The van der Waals surface area contributed by atoms with Gasteiger partial charge in [-0.05, 0) is 37.3 Å². The number of rotatable bonds is 5. The van der Waals surface area contributed by atoms with Crippen LogP contribution >= 0.6 is 0 Å². The first-order valence-electron chi connectivity index (χ1n) is 9.56. The second-order valence-corrected chi connectivity index (χ2v) is 6.87. The maximum absolute atomic E-state index is 13.1. The second kappa shape index (κ2) is 8.02. The monoisotopic (exact) mass is 382 g/mol. The minimum absolute atomic E-state index is 0.222. The third-order valence-corrected chi connectivity index (χ3v) is 5.10. The van der Waals surface area contributed by atoms with Crippen molar-refractivity contribution in [1.82, 2.24) is 4.90 Å². The molecule has 6 heteroatoms. The number of nitrogens with zero attached hydrogens (tertiary/aromatic N) is 2. The van der Waals surface area contributed by atoms with Gasteiger partial charge in [-0.1, -0.05) is 18.2 Å². The van der Waals surface area contributed by atoms with Crippen LogP contribution in [0.1, 0.15) is 23.0 Å². The van der Waals surface area contributed by atoms with E-state index >= 15 is 0 Å². The van der Waals surface area contributed by atoms with E-state index in [0.29, 0.717) is 24.5 Å². The van der Waals surface area contributed by atoms with Crippen LogP contribution in [0.3, 0.4) is 0 Å². The van der Waals surface area contributed by atoms with Gasteiger partial charge in [-0.2, -0.15) is 0 Å². The van der Waals surface area contributed by atoms with E-state index in [9.17, 15) is 9.18 Å². The molecule has 3 aromatic rings. The molecule has 0 aliphatic carbocycles. The van der Waals surface area contributed by atoms with Crippen molar-refractivity contribution < 1.29 is 18.3 Å². The normalized spacial score (nSPS) is 15.1. The third-order valence-electron chi connectivity index (χ3n) is 5.10. The summed E-state index contributed by atoms with van der Waals surface area (Å²) >= 11 is 0. The molecule has 4 rings (SSSR count). The Hall–Kier alpha value is -2.86. The first-order valence-corrected chi connectivity index (χ1v) is 9.56. The Kier molecular flexibility index (Phi) is 5.30. The van der Waals surface area contributed by atoms with Gasteiger partial charge in [0.2, 0.25) is 5.76 Å². The zero-order valence-corrected chi connectivity index (χ0v) is 15.9. The average Bonchev–Trinajstić information content (AvgIpc) is 3.08. The Balaban J connectivity index is 1.50. The summed E-state index contributed by atoms with van der Waals surface area (Å²) in [6, 6.07) is 14.3. The second-order valence-electron chi connectivity index (χ2n) is 6.87. The van der Waals surface area contributed by atoms with E-state index < -0.39 is 5.97 Å². The first-order chi connectivity index (χ1) is 13.7. The number of fused-ring (bicyclic) bond motifs is 1. The standard InChI is InChI=1S/C22H23FN2O3/c1-2-27-22(26)21-19(18-5-3-4-6-20(18)28-21)15-24-11-13-25(14-12-24)17-9-7-16(23)8-10-17/h3-10H,2,11-15H2,1H3. The number of hydrogen-bond donors (Lipinski definition) is 0. The number of furan rings is 1. The van der Waals surface area contributed by atoms with Crippen molar-refractivity contribution in [2.24, 2.45) is 0 Å². The van der Waals surface area contributed by atoms with Gasteiger partial charge in [0, 0.05) is 49.4 Å². The molecule has 2 heterocycles. The van der Waals surface area contributed by atoms with Gasteiger partial charge in [-0.15, -0.1) is 0 Å². The van der Waals surface area contributed by atoms with Gasteiger partial charge in [0.25, 0.3) is 0 Å². The highest BCUT2D eigenvalue weighted by Crippen LogP contribution is 2.28. The van der Waals surface area contributed by atoms with Crippen LogP contribution in [0, 0.1) is 5.82 Å². The molecule has 146 valence electrons. The van der Waals surface area contributed by atoms with E-state index in [1.54, 1.807) is 6.92 Å². The number of anilines is 1. The Bertz CT molecular complexity index is 960. The van der Waals surface area contributed by atoms with Crippen LogP contribution in [0.25, 0.3) is 11.0 Å². The van der Waals surface area contributed by atoms with Crippen LogP contribution in [0.5, 0.6) is 0 Å². The molecule has 0 unspecified atom stereocenters. The van der Waals surface area contributed by atoms with Crippen LogP contribution in [0.4, 0.5) is 10.1 Å². The van der Waals surface area contributed by atoms with Gasteiger partial charge in [0.05, 0.1) is 6.61 Å². The molecule has 0 amide bonds. The van der Waals surface area contributed by atoms with E-state index in [-0.39, 0.29) is 5.82 Å². The molecule has 0 atom stereocenters. The highest BCUT2D eigenvalue weighted by molar-refractivity contribution is 5.96. The maximum Gasteiger partial charge on any atom is 0.374 e. The molecule has 0 bridgehead atoms. The number of benzene rings is 2. The largest absolute Gasteiger partial charge is 0.460 e. The molecule has 0 spiro atoms. The Morgan fingerprint density at radius 3 is 2.50 bits per heavy atom. The summed E-state index contributed by atoms with van der Waals surface area (Å²) in [5, 5.41) is 0.950. The van der Waals surface area contributed by atoms with E-state index in [4.69, 9.17) is 9.15 Å². The Morgan fingerprint density at radius 2 is 1.79 bits per heavy atom. The summed E-state index contributed by atoms with van der Waals surface area (Å²) < 4.78 is 24.1. The number of piperazine rings is 1. The fourth-order valence-electron chi connectivity index (χ4n) is 3.66. The lowest BCUT2D eigenvalue weighted by Gasteiger charge is -2.36. The van der Waals surface area contributed by atoms with Crippen molar-refractivity contribution in [2.45, 2.75) is 13.5 Å². The minimum Gasteiger partial charge on any atom is -0.460 e. The van der Waals surface area contributed by atoms with Crippen LogP contribution < -0.4 is 4.90 Å². The lowest BCUT2D eigenvalue weighted by Crippen LogP contribution is -2.46. The van der Waals surface area contributed by atoms with Crippen LogP contribution in [0.15, 0.2) is 52.9 Å². The molecule has 2 aromatic carbocycles. The van der Waals surface area contributed by atoms with Gasteiger partial charge >= 0.3 is 5.97 Å². The minimum atomic E-state index is -0.418. The van der Waals surface area contributed by atoms with E-state index in [1.807, 2.05) is 36.4 Å². The fraction of sp³-hybridized carbons (Fsp3) is 0.318. The molecule has 1 aromatic heterocycles. The molecule has 0 N–H and O–H groups in total. The summed E-state index contributed by atoms with van der Waals surface area (Å²) in [5.74, 6) is -0.344. The highest BCUT2D eigenvalue weighted by Gasteiger charge is 2.25. The van der Waals surface area contributed by atoms with Gasteiger partial charge in [0.15, 0.2) is 0 Å². The lowest BCUT2D eigenvalue weighted by molar-refractivity contribution is 0.0489. The molecular weight excluding hydrogens is 359 g/mol. The predicted molar refractivity (Wildman–Crippen MR) is 106 cm³/mol. The van der Waals surface area contributed by atoms with Crippen molar-refractivity contribution in [3.05, 3.63) is 65.7 Å². The Labute approximate surface area is 163 Å². The zero-order valence-electron chi connectivity index (χ0n) is 15.9. The molecule has 1 fully saturated rings. The van der Waals surface area contributed by atoms with E-state index in [1.165, 1.54) is 12.1 Å². The number of halogens is 1. The van der Waals surface area contributed by atoms with Crippen molar-refractivity contribution in [1.29, 1.82) is 0 Å². The van der Waals surface area contributed by atoms with Crippen molar-refractivity contribution >= 4 is 22.6 Å². The van der Waals surface area contributed by atoms with Crippen LogP contribution in [-0.2, 0) is 11.3 Å². The first kappa shape index (κ1) is 18.5. The third kappa shape index (κ3) is 3.73. The van der Waals surface area contributed by atoms with Crippen molar-refractivity contribution in [3.8, 4) is 0 Å². The number of hydrogen-bond acceptors (Lipinski definition) is 5. The maximum atomic E-state index is 13.1. The summed E-state index contributed by atoms with van der Waals surface area (Å²) in [6.07, 6.45) is 0. The van der Waals surface area contributed by atoms with Crippen molar-refractivity contribution in [2.75, 3.05) is 37.7 Å². The van der Waals surface area contributed by atoms with Gasteiger partial charge in [-0.3, -0.25) is 4.90 Å². The molecule has 1 saturated heterocycles. The van der Waals surface area contributed by atoms with Gasteiger partial charge in [-0.25, -0.2) is 9.18 Å². The summed E-state index contributed by atoms with van der Waals surface area (Å²) in [6.45, 7) is 6.10. The van der Waals surface area contributed by atoms with E-state index in [2.05, 4.69) is 9.80 Å². The zero-order chi connectivity index (χ0) is 19.5. The number of carbonyl (C=O) groups is 1. The number of esters is 1.